The number of nitrogens with one attached hydrogen (secondary N) is 1. The maximum absolute atomic E-state index is 12.0. The highest BCUT2D eigenvalue weighted by Crippen LogP contribution is 2.32. The number of piperazine rings is 1. The van der Waals surface area contributed by atoms with Gasteiger partial charge in [-0.2, -0.15) is 0 Å². The minimum atomic E-state index is -1.63. The molecule has 128 valence electrons. The lowest BCUT2D eigenvalue weighted by Crippen LogP contribution is -2.60. The molecule has 0 aromatic rings. The zero-order chi connectivity index (χ0) is 16.2. The quantitative estimate of drug-likeness (QED) is 0.761. The van der Waals surface area contributed by atoms with Gasteiger partial charge in [0, 0.05) is 32.8 Å². The second-order valence-corrected chi connectivity index (χ2v) is 8.03. The van der Waals surface area contributed by atoms with Crippen molar-refractivity contribution in [1.82, 2.24) is 15.1 Å². The molecule has 2 atom stereocenters. The van der Waals surface area contributed by atoms with Gasteiger partial charge in [0.05, 0.1) is 6.10 Å². The molecule has 0 radical (unpaired) electrons. The second kappa shape index (κ2) is 8.22. The molecular weight excluding hydrogens is 353 g/mol. The first-order chi connectivity index (χ1) is 10.4. The van der Waals surface area contributed by atoms with Crippen LogP contribution in [0.1, 0.15) is 12.8 Å². The number of nitrogens with zero attached hydrogens (tertiary/aromatic N) is 2. The van der Waals surface area contributed by atoms with Crippen molar-refractivity contribution in [2.75, 3.05) is 46.4 Å². The molecule has 2 rings (SSSR count). The SMILES string of the molecule is CN1CCN([C@H](NC(=O)OC[C@H]2CCCO2)C(Cl)(Cl)Cl)CC1. The molecule has 22 heavy (non-hydrogen) atoms. The van der Waals surface area contributed by atoms with Gasteiger partial charge >= 0.3 is 6.09 Å². The van der Waals surface area contributed by atoms with Gasteiger partial charge in [0.2, 0.25) is 3.79 Å². The van der Waals surface area contributed by atoms with Crippen LogP contribution in [0.3, 0.4) is 0 Å². The van der Waals surface area contributed by atoms with Gasteiger partial charge in [0.15, 0.2) is 0 Å². The van der Waals surface area contributed by atoms with Crippen molar-refractivity contribution in [2.24, 2.45) is 0 Å². The highest BCUT2D eigenvalue weighted by atomic mass is 35.6. The van der Waals surface area contributed by atoms with Gasteiger partial charge in [-0.05, 0) is 19.9 Å². The van der Waals surface area contributed by atoms with Crippen LogP contribution in [-0.4, -0.2) is 78.4 Å². The lowest BCUT2D eigenvalue weighted by Gasteiger charge is -2.40. The molecule has 2 fully saturated rings. The van der Waals surface area contributed by atoms with Gasteiger partial charge in [0.25, 0.3) is 0 Å². The van der Waals surface area contributed by atoms with E-state index in [0.29, 0.717) is 19.7 Å². The topological polar surface area (TPSA) is 54.0 Å². The number of likely N-dealkylation sites (N-methyl/N-ethyl adjacent to an activating group) is 1. The summed E-state index contributed by atoms with van der Waals surface area (Å²) in [6, 6.07) is 0. The van der Waals surface area contributed by atoms with Crippen molar-refractivity contribution in [1.29, 1.82) is 0 Å². The maximum atomic E-state index is 12.0. The number of carbonyl (C=O) groups excluding carboxylic acids is 1. The molecule has 9 heteroatoms. The summed E-state index contributed by atoms with van der Waals surface area (Å²) >= 11 is 18.1. The van der Waals surface area contributed by atoms with Crippen LogP contribution in [0.4, 0.5) is 4.79 Å². The lowest BCUT2D eigenvalue weighted by molar-refractivity contribution is 0.0359. The minimum absolute atomic E-state index is 0.0272. The van der Waals surface area contributed by atoms with Gasteiger partial charge in [-0.25, -0.2) is 4.79 Å². The van der Waals surface area contributed by atoms with Crippen molar-refractivity contribution < 1.29 is 14.3 Å². The van der Waals surface area contributed by atoms with E-state index < -0.39 is 16.1 Å². The van der Waals surface area contributed by atoms with E-state index in [4.69, 9.17) is 44.3 Å². The van der Waals surface area contributed by atoms with E-state index in [-0.39, 0.29) is 12.7 Å². The molecule has 1 amide bonds. The smallest absolute Gasteiger partial charge is 0.408 e. The number of alkyl halides is 3. The summed E-state index contributed by atoms with van der Waals surface area (Å²) in [5, 5.41) is 2.66. The van der Waals surface area contributed by atoms with Crippen LogP contribution in [0.15, 0.2) is 0 Å². The Morgan fingerprint density at radius 1 is 1.36 bits per heavy atom. The first-order valence-electron chi connectivity index (χ1n) is 7.40. The van der Waals surface area contributed by atoms with Gasteiger partial charge in [0.1, 0.15) is 12.8 Å². The predicted octanol–water partition coefficient (Wildman–Crippen LogP) is 1.84. The highest BCUT2D eigenvalue weighted by Gasteiger charge is 2.39. The van der Waals surface area contributed by atoms with Crippen LogP contribution in [0.5, 0.6) is 0 Å². The Balaban J connectivity index is 1.84. The first kappa shape index (κ1) is 18.4. The maximum Gasteiger partial charge on any atom is 0.408 e. The fourth-order valence-corrected chi connectivity index (χ4v) is 3.14. The molecule has 1 N–H and O–H groups in total. The molecule has 2 saturated heterocycles. The molecule has 2 aliphatic rings. The van der Waals surface area contributed by atoms with Gasteiger partial charge < -0.3 is 19.7 Å². The van der Waals surface area contributed by atoms with Crippen molar-refractivity contribution in [2.45, 2.75) is 28.9 Å². The Hall–Kier alpha value is 0.0200. The Morgan fingerprint density at radius 3 is 2.59 bits per heavy atom. The molecule has 0 aromatic carbocycles. The predicted molar refractivity (Wildman–Crippen MR) is 86.6 cm³/mol. The van der Waals surface area contributed by atoms with E-state index in [1.807, 2.05) is 11.9 Å². The van der Waals surface area contributed by atoms with Crippen molar-refractivity contribution in [3.8, 4) is 0 Å². The third kappa shape index (κ3) is 5.58. The van der Waals surface area contributed by atoms with Crippen LogP contribution in [0, 0.1) is 0 Å². The molecule has 0 bridgehead atoms. The fourth-order valence-electron chi connectivity index (χ4n) is 2.56. The van der Waals surface area contributed by atoms with Crippen molar-refractivity contribution >= 4 is 40.9 Å². The molecule has 6 nitrogen and oxygen atoms in total. The van der Waals surface area contributed by atoms with E-state index in [0.717, 1.165) is 25.9 Å². The second-order valence-electron chi connectivity index (χ2n) is 5.66. The summed E-state index contributed by atoms with van der Waals surface area (Å²) in [5.74, 6) is 0. The van der Waals surface area contributed by atoms with Crippen molar-refractivity contribution in [3.63, 3.8) is 0 Å². The van der Waals surface area contributed by atoms with E-state index in [2.05, 4.69) is 10.2 Å². The number of carbonyl (C=O) groups is 1. The fraction of sp³-hybridized carbons (Fsp3) is 0.923. The number of hydrogen-bond donors (Lipinski definition) is 1. The van der Waals surface area contributed by atoms with Gasteiger partial charge in [-0.1, -0.05) is 34.8 Å². The molecule has 0 spiro atoms. The standard InChI is InChI=1S/C13H22Cl3N3O3/c1-18-4-6-19(7-5-18)11(13(14,15)16)17-12(20)22-9-10-3-2-8-21-10/h10-11H,2-9H2,1H3,(H,17,20)/t10-,11+/m1/s1. The van der Waals surface area contributed by atoms with Crippen LogP contribution in [0.2, 0.25) is 0 Å². The number of halogens is 3. The Morgan fingerprint density at radius 2 is 2.05 bits per heavy atom. The van der Waals surface area contributed by atoms with E-state index in [1.54, 1.807) is 0 Å². The highest BCUT2D eigenvalue weighted by molar-refractivity contribution is 6.68. The molecule has 2 aliphatic heterocycles. The molecule has 2 heterocycles. The third-order valence-electron chi connectivity index (χ3n) is 3.89. The third-order valence-corrected chi connectivity index (χ3v) is 4.51. The van der Waals surface area contributed by atoms with Crippen LogP contribution < -0.4 is 5.32 Å². The van der Waals surface area contributed by atoms with Gasteiger partial charge in [-0.3, -0.25) is 4.90 Å². The largest absolute Gasteiger partial charge is 0.447 e. The molecule has 0 aliphatic carbocycles. The normalized spacial score (nSPS) is 25.9. The lowest BCUT2D eigenvalue weighted by atomic mass is 10.2. The number of ether oxygens (including phenoxy) is 2. The van der Waals surface area contributed by atoms with Crippen molar-refractivity contribution in [3.05, 3.63) is 0 Å². The molecular formula is C13H22Cl3N3O3. The average Bonchev–Trinajstić information content (AvgIpc) is 2.96. The number of hydrogen-bond acceptors (Lipinski definition) is 5. The zero-order valence-electron chi connectivity index (χ0n) is 12.6. The Kier molecular flexibility index (Phi) is 6.86. The summed E-state index contributed by atoms with van der Waals surface area (Å²) in [6.45, 7) is 4.06. The number of alkyl carbamates (subject to hydrolysis) is 1. The van der Waals surface area contributed by atoms with Crippen LogP contribution in [0.25, 0.3) is 0 Å². The summed E-state index contributed by atoms with van der Waals surface area (Å²) in [4.78, 5) is 16.1. The first-order valence-corrected chi connectivity index (χ1v) is 8.54. The minimum Gasteiger partial charge on any atom is -0.447 e. The number of rotatable bonds is 4. The molecule has 0 unspecified atom stereocenters. The Bertz CT molecular complexity index is 367. The summed E-state index contributed by atoms with van der Waals surface area (Å²) in [5.41, 5.74) is 0. The zero-order valence-corrected chi connectivity index (χ0v) is 14.8. The summed E-state index contributed by atoms with van der Waals surface area (Å²) < 4.78 is 8.95. The Labute approximate surface area is 145 Å². The van der Waals surface area contributed by atoms with Gasteiger partial charge in [-0.15, -0.1) is 0 Å². The van der Waals surface area contributed by atoms with Crippen LogP contribution in [-0.2, 0) is 9.47 Å². The van der Waals surface area contributed by atoms with E-state index >= 15 is 0 Å². The monoisotopic (exact) mass is 373 g/mol. The molecule has 0 aromatic heterocycles. The number of amides is 1. The van der Waals surface area contributed by atoms with E-state index in [1.165, 1.54) is 0 Å². The molecule has 0 saturated carbocycles. The summed E-state index contributed by atoms with van der Waals surface area (Å²) in [6.07, 6.45) is 0.558. The van der Waals surface area contributed by atoms with Crippen LogP contribution >= 0.6 is 34.8 Å². The average molecular weight is 375 g/mol. The summed E-state index contributed by atoms with van der Waals surface area (Å²) in [7, 11) is 2.03. The van der Waals surface area contributed by atoms with E-state index in [9.17, 15) is 4.79 Å².